The summed E-state index contributed by atoms with van der Waals surface area (Å²) in [4.78, 5) is 4.21. The molecule has 2 heterocycles. The van der Waals surface area contributed by atoms with Crippen LogP contribution in [0.1, 0.15) is 19.0 Å². The van der Waals surface area contributed by atoms with Gasteiger partial charge in [0.2, 0.25) is 0 Å². The summed E-state index contributed by atoms with van der Waals surface area (Å²) in [5.41, 5.74) is 13.7. The van der Waals surface area contributed by atoms with Crippen molar-refractivity contribution in [3.8, 4) is 0 Å². The average molecular weight is 217 g/mol. The van der Waals surface area contributed by atoms with Crippen LogP contribution in [0.4, 0.5) is 5.69 Å². The van der Waals surface area contributed by atoms with Crippen LogP contribution in [0.2, 0.25) is 0 Å². The maximum absolute atomic E-state index is 5.78. The fraction of sp³-hybridized carbons (Fsp3) is 0.273. The van der Waals surface area contributed by atoms with Crippen LogP contribution in [-0.2, 0) is 0 Å². The van der Waals surface area contributed by atoms with Gasteiger partial charge in [0.1, 0.15) is 0 Å². The van der Waals surface area contributed by atoms with E-state index < -0.39 is 0 Å². The van der Waals surface area contributed by atoms with E-state index in [1.807, 2.05) is 19.1 Å². The fourth-order valence-corrected chi connectivity index (χ4v) is 1.45. The van der Waals surface area contributed by atoms with Crippen molar-refractivity contribution in [1.82, 2.24) is 14.6 Å². The minimum Gasteiger partial charge on any atom is -0.396 e. The van der Waals surface area contributed by atoms with Crippen molar-refractivity contribution in [1.29, 1.82) is 0 Å². The Kier molecular flexibility index (Phi) is 2.87. The van der Waals surface area contributed by atoms with Crippen LogP contribution in [0.3, 0.4) is 0 Å². The number of aromatic nitrogens is 3. The summed E-state index contributed by atoms with van der Waals surface area (Å²) in [6, 6.07) is 1.89. The molecule has 0 aliphatic heterocycles. The van der Waals surface area contributed by atoms with Gasteiger partial charge in [0.25, 0.3) is 0 Å². The monoisotopic (exact) mass is 217 g/mol. The average Bonchev–Trinajstić information content (AvgIpc) is 2.63. The molecule has 0 saturated heterocycles. The molecule has 0 aromatic carbocycles. The standard InChI is InChI=1S/C11H15N5/c1-8(12)3-2-4-9-7-14-11-10(13)5-6-15-16(9)11/h2,4-8H,3,12-13H2,1H3/b4-2+/t8-/m0/s1. The van der Waals surface area contributed by atoms with Crippen molar-refractivity contribution in [2.24, 2.45) is 5.73 Å². The lowest BCUT2D eigenvalue weighted by Gasteiger charge is -1.98. The highest BCUT2D eigenvalue weighted by Gasteiger charge is 2.03. The van der Waals surface area contributed by atoms with Crippen molar-refractivity contribution >= 4 is 17.4 Å². The molecule has 0 saturated carbocycles. The van der Waals surface area contributed by atoms with Gasteiger partial charge in [0.15, 0.2) is 5.65 Å². The molecule has 0 unspecified atom stereocenters. The second-order valence-corrected chi connectivity index (χ2v) is 3.82. The molecule has 84 valence electrons. The number of nitrogen functional groups attached to an aromatic ring is 1. The van der Waals surface area contributed by atoms with Gasteiger partial charge in [-0.3, -0.25) is 0 Å². The van der Waals surface area contributed by atoms with E-state index in [1.54, 1.807) is 23.0 Å². The third-order valence-corrected chi connectivity index (χ3v) is 2.26. The summed E-state index contributed by atoms with van der Waals surface area (Å²) >= 11 is 0. The number of imidazole rings is 1. The topological polar surface area (TPSA) is 82.2 Å². The molecule has 0 aliphatic carbocycles. The summed E-state index contributed by atoms with van der Waals surface area (Å²) in [6.45, 7) is 1.97. The predicted molar refractivity (Wildman–Crippen MR) is 64.7 cm³/mol. The van der Waals surface area contributed by atoms with Gasteiger partial charge in [-0.1, -0.05) is 6.08 Å². The Morgan fingerprint density at radius 2 is 2.38 bits per heavy atom. The first-order chi connectivity index (χ1) is 7.68. The molecule has 2 aromatic rings. The van der Waals surface area contributed by atoms with Crippen LogP contribution in [0.15, 0.2) is 24.5 Å². The molecule has 2 aromatic heterocycles. The maximum atomic E-state index is 5.78. The Balaban J connectivity index is 2.32. The Bertz CT molecular complexity index is 512. The summed E-state index contributed by atoms with van der Waals surface area (Å²) in [7, 11) is 0. The largest absolute Gasteiger partial charge is 0.396 e. The molecule has 2 rings (SSSR count). The van der Waals surface area contributed by atoms with Gasteiger partial charge in [-0.2, -0.15) is 5.10 Å². The van der Waals surface area contributed by atoms with Crippen LogP contribution in [0, 0.1) is 0 Å². The van der Waals surface area contributed by atoms with E-state index in [-0.39, 0.29) is 6.04 Å². The molecule has 5 nitrogen and oxygen atoms in total. The molecule has 0 amide bonds. The third kappa shape index (κ3) is 2.04. The third-order valence-electron chi connectivity index (χ3n) is 2.26. The molecule has 4 N–H and O–H groups in total. The van der Waals surface area contributed by atoms with Crippen molar-refractivity contribution in [3.05, 3.63) is 30.2 Å². The zero-order chi connectivity index (χ0) is 11.5. The van der Waals surface area contributed by atoms with E-state index in [0.717, 1.165) is 12.1 Å². The van der Waals surface area contributed by atoms with Gasteiger partial charge in [-0.05, 0) is 25.5 Å². The smallest absolute Gasteiger partial charge is 0.177 e. The van der Waals surface area contributed by atoms with E-state index in [0.29, 0.717) is 11.3 Å². The van der Waals surface area contributed by atoms with Crippen LogP contribution in [0.5, 0.6) is 0 Å². The first-order valence-electron chi connectivity index (χ1n) is 5.19. The van der Waals surface area contributed by atoms with Crippen molar-refractivity contribution < 1.29 is 0 Å². The van der Waals surface area contributed by atoms with E-state index >= 15 is 0 Å². The number of hydrogen-bond donors (Lipinski definition) is 2. The molecule has 0 aliphatic rings. The van der Waals surface area contributed by atoms with Gasteiger partial charge in [-0.15, -0.1) is 0 Å². The molecule has 1 atom stereocenters. The van der Waals surface area contributed by atoms with Gasteiger partial charge in [-0.25, -0.2) is 9.50 Å². The van der Waals surface area contributed by atoms with Crippen molar-refractivity contribution in [2.75, 3.05) is 5.73 Å². The van der Waals surface area contributed by atoms with Crippen molar-refractivity contribution in [3.63, 3.8) is 0 Å². The molecular weight excluding hydrogens is 202 g/mol. The summed E-state index contributed by atoms with van der Waals surface area (Å²) < 4.78 is 1.72. The maximum Gasteiger partial charge on any atom is 0.177 e. The zero-order valence-electron chi connectivity index (χ0n) is 9.17. The SMILES string of the molecule is C[C@H](N)C/C=C/c1cnc2c(N)ccnn12. The number of rotatable bonds is 3. The van der Waals surface area contributed by atoms with Crippen LogP contribution in [-0.4, -0.2) is 20.6 Å². The van der Waals surface area contributed by atoms with Crippen LogP contribution < -0.4 is 11.5 Å². The number of hydrogen-bond acceptors (Lipinski definition) is 4. The summed E-state index contributed by atoms with van der Waals surface area (Å²) in [5, 5.41) is 4.19. The highest BCUT2D eigenvalue weighted by Crippen LogP contribution is 2.12. The lowest BCUT2D eigenvalue weighted by molar-refractivity contribution is 0.758. The molecule has 0 spiro atoms. The first kappa shape index (κ1) is 10.6. The van der Waals surface area contributed by atoms with Gasteiger partial charge >= 0.3 is 0 Å². The van der Waals surface area contributed by atoms with Gasteiger partial charge in [0, 0.05) is 6.04 Å². The Hall–Kier alpha value is -1.88. The minimum absolute atomic E-state index is 0.161. The number of fused-ring (bicyclic) bond motifs is 1. The predicted octanol–water partition coefficient (Wildman–Crippen LogP) is 1.06. The molecule has 0 fully saturated rings. The van der Waals surface area contributed by atoms with Crippen molar-refractivity contribution in [2.45, 2.75) is 19.4 Å². The summed E-state index contributed by atoms with van der Waals surface area (Å²) in [6.07, 6.45) is 8.20. The lowest BCUT2D eigenvalue weighted by Crippen LogP contribution is -2.12. The quantitative estimate of drug-likeness (QED) is 0.805. The minimum atomic E-state index is 0.161. The summed E-state index contributed by atoms with van der Waals surface area (Å²) in [5.74, 6) is 0. The van der Waals surface area contributed by atoms with E-state index in [2.05, 4.69) is 10.1 Å². The highest BCUT2D eigenvalue weighted by atomic mass is 15.3. The second kappa shape index (κ2) is 4.32. The fourth-order valence-electron chi connectivity index (χ4n) is 1.45. The number of nitrogens with two attached hydrogens (primary N) is 2. The van der Waals surface area contributed by atoms with E-state index in [9.17, 15) is 0 Å². The Morgan fingerprint density at radius 1 is 1.56 bits per heavy atom. The Morgan fingerprint density at radius 3 is 3.12 bits per heavy atom. The molecule has 0 bridgehead atoms. The Labute approximate surface area is 93.8 Å². The second-order valence-electron chi connectivity index (χ2n) is 3.82. The molecular formula is C11H15N5. The van der Waals surface area contributed by atoms with Gasteiger partial charge in [0.05, 0.1) is 23.8 Å². The first-order valence-corrected chi connectivity index (χ1v) is 5.19. The van der Waals surface area contributed by atoms with Crippen LogP contribution >= 0.6 is 0 Å². The lowest BCUT2D eigenvalue weighted by atomic mass is 10.2. The normalized spacial score (nSPS) is 13.6. The molecule has 0 radical (unpaired) electrons. The van der Waals surface area contributed by atoms with E-state index in [1.165, 1.54) is 0 Å². The molecule has 16 heavy (non-hydrogen) atoms. The molecule has 5 heteroatoms. The highest BCUT2D eigenvalue weighted by molar-refractivity contribution is 5.65. The van der Waals surface area contributed by atoms with E-state index in [4.69, 9.17) is 11.5 Å². The van der Waals surface area contributed by atoms with Crippen LogP contribution in [0.25, 0.3) is 11.7 Å². The zero-order valence-corrected chi connectivity index (χ0v) is 9.17. The number of nitrogens with zero attached hydrogens (tertiary/aromatic N) is 3. The van der Waals surface area contributed by atoms with Gasteiger partial charge < -0.3 is 11.5 Å². The number of anilines is 1.